The summed E-state index contributed by atoms with van der Waals surface area (Å²) in [6.07, 6.45) is 3.98. The van der Waals surface area contributed by atoms with E-state index in [1.54, 1.807) is 12.2 Å². The molecule has 0 bridgehead atoms. The molecule has 0 aromatic heterocycles. The number of aryl methyl sites for hydroxylation is 1. The molecule has 29 heavy (non-hydrogen) atoms. The van der Waals surface area contributed by atoms with Crippen LogP contribution >= 0.6 is 15.9 Å². The quantitative estimate of drug-likeness (QED) is 0.326. The van der Waals surface area contributed by atoms with Crippen LogP contribution in [0.1, 0.15) is 36.1 Å². The minimum absolute atomic E-state index is 0.0419. The maximum absolute atomic E-state index is 12.2. The van der Waals surface area contributed by atoms with Gasteiger partial charge in [0.05, 0.1) is 4.47 Å². The second-order valence-electron chi connectivity index (χ2n) is 7.06. The zero-order chi connectivity index (χ0) is 21.4. The Labute approximate surface area is 181 Å². The second kappa shape index (κ2) is 10.6. The van der Waals surface area contributed by atoms with Gasteiger partial charge in [0.1, 0.15) is 24.0 Å². The number of amides is 1. The Kier molecular flexibility index (Phi) is 8.23. The highest BCUT2D eigenvalue weighted by Gasteiger charge is 2.13. The number of ether oxygens (including phenoxy) is 1. The van der Waals surface area contributed by atoms with E-state index >= 15 is 0 Å². The summed E-state index contributed by atoms with van der Waals surface area (Å²) in [5.41, 5.74) is 3.99. The van der Waals surface area contributed by atoms with Gasteiger partial charge in [-0.15, -0.1) is 6.58 Å². The van der Waals surface area contributed by atoms with E-state index in [1.165, 1.54) is 5.56 Å². The largest absolute Gasteiger partial charge is 0.487 e. The van der Waals surface area contributed by atoms with Gasteiger partial charge in [0.25, 0.3) is 5.91 Å². The molecule has 0 saturated carbocycles. The van der Waals surface area contributed by atoms with Gasteiger partial charge in [-0.05, 0) is 78.0 Å². The predicted octanol–water partition coefficient (Wildman–Crippen LogP) is 5.50. The van der Waals surface area contributed by atoms with E-state index < -0.39 is 0 Å². The van der Waals surface area contributed by atoms with Crippen LogP contribution in [0.2, 0.25) is 0 Å². The number of nitriles is 1. The van der Waals surface area contributed by atoms with Crippen molar-refractivity contribution in [3.05, 3.63) is 81.4 Å². The van der Waals surface area contributed by atoms with Gasteiger partial charge >= 0.3 is 0 Å². The lowest BCUT2D eigenvalue weighted by Crippen LogP contribution is -2.30. The van der Waals surface area contributed by atoms with Crippen molar-refractivity contribution in [3.63, 3.8) is 0 Å². The number of hydrogen-bond acceptors (Lipinski definition) is 3. The average molecular weight is 453 g/mol. The molecule has 0 saturated heterocycles. The number of hydrogen-bond donors (Lipinski definition) is 1. The van der Waals surface area contributed by atoms with E-state index in [1.807, 2.05) is 57.2 Å². The fourth-order valence-corrected chi connectivity index (χ4v) is 3.47. The van der Waals surface area contributed by atoms with Crippen molar-refractivity contribution in [1.82, 2.24) is 5.32 Å². The van der Waals surface area contributed by atoms with E-state index in [9.17, 15) is 10.1 Å². The van der Waals surface area contributed by atoms with Gasteiger partial charge in [0.15, 0.2) is 0 Å². The van der Waals surface area contributed by atoms with E-state index in [0.717, 1.165) is 26.9 Å². The van der Waals surface area contributed by atoms with Crippen molar-refractivity contribution in [1.29, 1.82) is 5.26 Å². The van der Waals surface area contributed by atoms with Crippen molar-refractivity contribution in [2.75, 3.05) is 0 Å². The Morgan fingerprint density at radius 2 is 2.10 bits per heavy atom. The summed E-state index contributed by atoms with van der Waals surface area (Å²) in [6, 6.07) is 13.9. The second-order valence-corrected chi connectivity index (χ2v) is 7.91. The zero-order valence-corrected chi connectivity index (χ0v) is 18.5. The van der Waals surface area contributed by atoms with Crippen LogP contribution in [0.25, 0.3) is 6.08 Å². The number of nitrogens with zero attached hydrogens (tertiary/aromatic N) is 1. The van der Waals surface area contributed by atoms with Gasteiger partial charge in [-0.3, -0.25) is 4.79 Å². The van der Waals surface area contributed by atoms with Crippen LogP contribution in [0.5, 0.6) is 5.75 Å². The molecular formula is C24H25BrN2O2. The lowest BCUT2D eigenvalue weighted by atomic mass is 10.0. The number of carbonyl (C=O) groups is 1. The maximum Gasteiger partial charge on any atom is 0.262 e. The third kappa shape index (κ3) is 6.62. The van der Waals surface area contributed by atoms with Crippen molar-refractivity contribution < 1.29 is 9.53 Å². The molecule has 0 aliphatic heterocycles. The summed E-state index contributed by atoms with van der Waals surface area (Å²) in [5.74, 6) is 0.345. The molecule has 0 atom stereocenters. The lowest BCUT2D eigenvalue weighted by molar-refractivity contribution is -0.117. The van der Waals surface area contributed by atoms with Crippen LogP contribution in [0.4, 0.5) is 0 Å². The summed E-state index contributed by atoms with van der Waals surface area (Å²) in [4.78, 5) is 12.2. The maximum atomic E-state index is 12.2. The van der Waals surface area contributed by atoms with Crippen LogP contribution in [0, 0.1) is 18.3 Å². The number of carbonyl (C=O) groups excluding carboxylic acids is 1. The third-order valence-electron chi connectivity index (χ3n) is 4.07. The highest BCUT2D eigenvalue weighted by molar-refractivity contribution is 9.10. The third-order valence-corrected chi connectivity index (χ3v) is 4.66. The van der Waals surface area contributed by atoms with Crippen LogP contribution in [-0.4, -0.2) is 11.9 Å². The number of nitrogens with one attached hydrogen (secondary N) is 1. The Balaban J connectivity index is 2.33. The van der Waals surface area contributed by atoms with Gasteiger partial charge in [-0.2, -0.15) is 5.26 Å². The summed E-state index contributed by atoms with van der Waals surface area (Å²) < 4.78 is 6.85. The normalized spacial score (nSPS) is 11.1. The van der Waals surface area contributed by atoms with Gasteiger partial charge in [-0.25, -0.2) is 0 Å². The predicted molar refractivity (Wildman–Crippen MR) is 120 cm³/mol. The van der Waals surface area contributed by atoms with Crippen LogP contribution < -0.4 is 10.1 Å². The van der Waals surface area contributed by atoms with Gasteiger partial charge in [0, 0.05) is 6.04 Å². The first kappa shape index (κ1) is 22.4. The highest BCUT2D eigenvalue weighted by Crippen LogP contribution is 2.33. The molecule has 1 N–H and O–H groups in total. The molecule has 0 spiro atoms. The molecule has 0 aliphatic carbocycles. The average Bonchev–Trinajstić information content (AvgIpc) is 2.65. The van der Waals surface area contributed by atoms with Gasteiger partial charge in [-0.1, -0.05) is 35.9 Å². The van der Waals surface area contributed by atoms with Crippen molar-refractivity contribution in [3.8, 4) is 11.8 Å². The van der Waals surface area contributed by atoms with Gasteiger partial charge in [0.2, 0.25) is 0 Å². The first-order chi connectivity index (χ1) is 13.8. The van der Waals surface area contributed by atoms with Crippen molar-refractivity contribution in [2.45, 2.75) is 39.8 Å². The Hall–Kier alpha value is -2.84. The van der Waals surface area contributed by atoms with E-state index in [2.05, 4.69) is 33.9 Å². The highest BCUT2D eigenvalue weighted by atomic mass is 79.9. The van der Waals surface area contributed by atoms with Crippen LogP contribution in [0.15, 0.2) is 59.1 Å². The molecule has 5 heteroatoms. The zero-order valence-electron chi connectivity index (χ0n) is 17.0. The molecule has 2 rings (SSSR count). The number of allylic oxidation sites excluding steroid dienone is 1. The fourth-order valence-electron chi connectivity index (χ4n) is 2.84. The minimum atomic E-state index is -0.385. The molecule has 2 aromatic carbocycles. The fraction of sp³-hybridized carbons (Fsp3) is 0.250. The molecule has 0 unspecified atom stereocenters. The van der Waals surface area contributed by atoms with Crippen molar-refractivity contribution in [2.24, 2.45) is 0 Å². The molecule has 150 valence electrons. The summed E-state index contributed by atoms with van der Waals surface area (Å²) in [5, 5.41) is 12.1. The number of benzene rings is 2. The SMILES string of the molecule is C=CCc1cc(/C=C(/C#N)C(=O)NC(C)C)cc(Br)c1OCc1cccc(C)c1. The molecule has 0 radical (unpaired) electrons. The monoisotopic (exact) mass is 452 g/mol. The molecule has 0 heterocycles. The summed E-state index contributed by atoms with van der Waals surface area (Å²) >= 11 is 3.57. The molecule has 4 nitrogen and oxygen atoms in total. The molecular weight excluding hydrogens is 428 g/mol. The number of rotatable bonds is 8. The molecule has 0 fully saturated rings. The molecule has 0 aliphatic rings. The van der Waals surface area contributed by atoms with Gasteiger partial charge < -0.3 is 10.1 Å². The van der Waals surface area contributed by atoms with Crippen LogP contribution in [-0.2, 0) is 17.8 Å². The van der Waals surface area contributed by atoms with E-state index in [-0.39, 0.29) is 17.5 Å². The van der Waals surface area contributed by atoms with E-state index in [4.69, 9.17) is 4.74 Å². The Morgan fingerprint density at radius 1 is 1.34 bits per heavy atom. The number of halogens is 1. The van der Waals surface area contributed by atoms with E-state index in [0.29, 0.717) is 13.0 Å². The smallest absolute Gasteiger partial charge is 0.262 e. The van der Waals surface area contributed by atoms with Crippen LogP contribution in [0.3, 0.4) is 0 Å². The minimum Gasteiger partial charge on any atom is -0.487 e. The molecule has 1 amide bonds. The first-order valence-electron chi connectivity index (χ1n) is 9.38. The summed E-state index contributed by atoms with van der Waals surface area (Å²) in [6.45, 7) is 10.0. The first-order valence-corrected chi connectivity index (χ1v) is 10.2. The molecule has 2 aromatic rings. The Bertz CT molecular complexity index is 971. The summed E-state index contributed by atoms with van der Waals surface area (Å²) in [7, 11) is 0. The lowest BCUT2D eigenvalue weighted by Gasteiger charge is -2.14. The topological polar surface area (TPSA) is 62.1 Å². The van der Waals surface area contributed by atoms with Crippen molar-refractivity contribution >= 4 is 27.9 Å². The Morgan fingerprint density at radius 3 is 2.72 bits per heavy atom. The standard InChI is InChI=1S/C24H25BrN2O2/c1-5-7-20-11-19(12-21(14-26)24(28)27-16(2)3)13-22(25)23(20)29-15-18-9-6-8-17(4)10-18/h5-6,8-13,16H,1,7,15H2,2-4H3,(H,27,28)/b21-12-.